The molecule has 2 aliphatic heterocycles. The molecule has 2 aromatic rings. The summed E-state index contributed by atoms with van der Waals surface area (Å²) in [6, 6.07) is 7.33. The molecule has 2 N–H and O–H groups in total. The third-order valence-electron chi connectivity index (χ3n) is 6.49. The Kier molecular flexibility index (Phi) is 6.34. The zero-order valence-corrected chi connectivity index (χ0v) is 18.1. The van der Waals surface area contributed by atoms with Crippen LogP contribution in [0.15, 0.2) is 47.5 Å². The molecule has 0 aromatic carbocycles. The Morgan fingerprint density at radius 2 is 2.19 bits per heavy atom. The van der Waals surface area contributed by atoms with Crippen LogP contribution >= 0.6 is 0 Å². The fraction of sp³-hybridized carbons (Fsp3) is 0.458. The second kappa shape index (κ2) is 9.16. The fourth-order valence-corrected chi connectivity index (χ4v) is 5.13. The van der Waals surface area contributed by atoms with Gasteiger partial charge in [0.2, 0.25) is 5.91 Å². The topological polar surface area (TPSA) is 87.5 Å². The molecule has 7 heteroatoms. The number of rotatable bonds is 7. The lowest BCUT2D eigenvalue weighted by molar-refractivity contribution is -0.127. The highest BCUT2D eigenvalue weighted by molar-refractivity contribution is 5.80. The summed E-state index contributed by atoms with van der Waals surface area (Å²) in [5.41, 5.74) is 2.48. The molecule has 0 aliphatic carbocycles. The van der Waals surface area contributed by atoms with Gasteiger partial charge in [-0.05, 0) is 37.1 Å². The number of amides is 1. The number of aromatic nitrogens is 2. The van der Waals surface area contributed by atoms with E-state index in [2.05, 4.69) is 15.2 Å². The van der Waals surface area contributed by atoms with Gasteiger partial charge in [-0.25, -0.2) is 0 Å². The Morgan fingerprint density at radius 1 is 1.35 bits per heavy atom. The summed E-state index contributed by atoms with van der Waals surface area (Å²) in [7, 11) is 0. The van der Waals surface area contributed by atoms with Crippen molar-refractivity contribution in [3.8, 4) is 0 Å². The summed E-state index contributed by atoms with van der Waals surface area (Å²) in [6.07, 6.45) is 8.08. The van der Waals surface area contributed by atoms with Gasteiger partial charge in [-0.3, -0.25) is 19.5 Å². The predicted octanol–water partition coefficient (Wildman–Crippen LogP) is 1.97. The molecule has 4 heterocycles. The lowest BCUT2D eigenvalue weighted by Crippen LogP contribution is -2.46. The predicted molar refractivity (Wildman–Crippen MR) is 119 cm³/mol. The summed E-state index contributed by atoms with van der Waals surface area (Å²) < 4.78 is 1.81. The Balaban J connectivity index is 1.81. The second-order valence-electron chi connectivity index (χ2n) is 8.34. The van der Waals surface area contributed by atoms with Crippen LogP contribution in [0.5, 0.6) is 0 Å². The van der Waals surface area contributed by atoms with Crippen LogP contribution in [-0.4, -0.2) is 44.7 Å². The molecule has 1 saturated heterocycles. The van der Waals surface area contributed by atoms with Crippen molar-refractivity contribution in [3.63, 3.8) is 0 Å². The third-order valence-corrected chi connectivity index (χ3v) is 6.49. The van der Waals surface area contributed by atoms with E-state index in [-0.39, 0.29) is 36.1 Å². The number of fused-ring (bicyclic) bond motifs is 4. The van der Waals surface area contributed by atoms with Gasteiger partial charge in [-0.2, -0.15) is 0 Å². The van der Waals surface area contributed by atoms with Gasteiger partial charge in [-0.15, -0.1) is 0 Å². The van der Waals surface area contributed by atoms with Crippen LogP contribution < -0.4 is 10.9 Å². The number of hydrogen-bond acceptors (Lipinski definition) is 5. The maximum Gasteiger partial charge on any atom is 0.258 e. The van der Waals surface area contributed by atoms with Crippen molar-refractivity contribution >= 4 is 12.0 Å². The van der Waals surface area contributed by atoms with Crippen molar-refractivity contribution in [2.45, 2.75) is 45.4 Å². The molecule has 2 aliphatic rings. The number of nitrogens with one attached hydrogen (secondary N) is 1. The van der Waals surface area contributed by atoms with E-state index in [0.717, 1.165) is 17.7 Å². The first-order valence-electron chi connectivity index (χ1n) is 11.0. The number of allylic oxidation sites excluding steroid dienone is 1. The molecule has 4 atom stereocenters. The number of nitrogens with zero attached hydrogens (tertiary/aromatic N) is 3. The van der Waals surface area contributed by atoms with Crippen LogP contribution in [0.1, 0.15) is 43.1 Å². The molecular formula is C24H30N4O3. The number of carbonyl (C=O) groups is 1. The highest BCUT2D eigenvalue weighted by Gasteiger charge is 2.55. The normalized spacial score (nSPS) is 25.0. The van der Waals surface area contributed by atoms with Crippen molar-refractivity contribution in [2.75, 3.05) is 13.2 Å². The van der Waals surface area contributed by atoms with Gasteiger partial charge < -0.3 is 15.0 Å². The summed E-state index contributed by atoms with van der Waals surface area (Å²) in [5, 5.41) is 13.3. The average Bonchev–Trinajstić information content (AvgIpc) is 2.99. The highest BCUT2D eigenvalue weighted by Crippen LogP contribution is 2.48. The summed E-state index contributed by atoms with van der Waals surface area (Å²) in [4.78, 5) is 32.9. The average molecular weight is 423 g/mol. The van der Waals surface area contributed by atoms with Crippen LogP contribution in [-0.2, 0) is 17.9 Å². The van der Waals surface area contributed by atoms with Crippen LogP contribution in [0.3, 0.4) is 0 Å². The van der Waals surface area contributed by atoms with Gasteiger partial charge in [0.25, 0.3) is 5.56 Å². The van der Waals surface area contributed by atoms with Crippen LogP contribution in [0.2, 0.25) is 0 Å². The first-order chi connectivity index (χ1) is 15.1. The van der Waals surface area contributed by atoms with E-state index in [4.69, 9.17) is 0 Å². The van der Waals surface area contributed by atoms with E-state index >= 15 is 0 Å². The molecule has 0 unspecified atom stereocenters. The van der Waals surface area contributed by atoms with Crippen molar-refractivity contribution in [2.24, 2.45) is 11.8 Å². The summed E-state index contributed by atoms with van der Waals surface area (Å²) in [6.45, 7) is 5.48. The maximum atomic E-state index is 13.2. The van der Waals surface area contributed by atoms with Gasteiger partial charge in [0.15, 0.2) is 0 Å². The fourth-order valence-electron chi connectivity index (χ4n) is 5.13. The summed E-state index contributed by atoms with van der Waals surface area (Å²) in [5.74, 6) is -0.718. The van der Waals surface area contributed by atoms with Crippen molar-refractivity contribution in [1.82, 2.24) is 19.8 Å². The van der Waals surface area contributed by atoms with Crippen molar-refractivity contribution in [3.05, 3.63) is 69.9 Å². The smallest absolute Gasteiger partial charge is 0.258 e. The maximum absolute atomic E-state index is 13.2. The molecule has 2 bridgehead atoms. The molecule has 7 nitrogen and oxygen atoms in total. The second-order valence-corrected chi connectivity index (χ2v) is 8.34. The molecule has 0 spiro atoms. The Morgan fingerprint density at radius 3 is 2.87 bits per heavy atom. The minimum atomic E-state index is -0.418. The zero-order chi connectivity index (χ0) is 22.0. The Hall–Kier alpha value is -2.77. The lowest BCUT2D eigenvalue weighted by Gasteiger charge is -2.38. The van der Waals surface area contributed by atoms with Gasteiger partial charge in [-0.1, -0.05) is 25.1 Å². The molecule has 0 radical (unpaired) electrons. The van der Waals surface area contributed by atoms with E-state index in [0.29, 0.717) is 25.2 Å². The molecule has 31 heavy (non-hydrogen) atoms. The molecule has 164 valence electrons. The van der Waals surface area contributed by atoms with Crippen LogP contribution in [0.25, 0.3) is 6.08 Å². The van der Waals surface area contributed by atoms with Gasteiger partial charge in [0.1, 0.15) is 0 Å². The highest BCUT2D eigenvalue weighted by atomic mass is 16.3. The minimum absolute atomic E-state index is 0.0436. The number of carbonyl (C=O) groups excluding carboxylic acids is 1. The SMILES string of the molecule is C/C=C/c1ccc2n(c1=O)C[C@H]1[C@H](CO)[C@@H](C(=O)NCCC)[C@@H]2N1Cc1cccnc1. The van der Waals surface area contributed by atoms with Crippen LogP contribution in [0, 0.1) is 11.8 Å². The number of aliphatic hydroxyl groups excluding tert-OH is 1. The Labute approximate surface area is 182 Å². The molecular weight excluding hydrogens is 392 g/mol. The monoisotopic (exact) mass is 422 g/mol. The molecule has 1 amide bonds. The van der Waals surface area contributed by atoms with E-state index in [1.165, 1.54) is 0 Å². The first kappa shape index (κ1) is 21.5. The molecule has 1 fully saturated rings. The van der Waals surface area contributed by atoms with Gasteiger partial charge >= 0.3 is 0 Å². The molecule has 4 rings (SSSR count). The van der Waals surface area contributed by atoms with Crippen molar-refractivity contribution < 1.29 is 9.90 Å². The van der Waals surface area contributed by atoms with Crippen molar-refractivity contribution in [1.29, 1.82) is 0 Å². The standard InChI is InChI=1S/C24H30N4O3/c1-3-6-17-8-9-19-22-21(23(30)26-10-4-2)18(15-29)20(14-28(19)24(17)31)27(22)13-16-7-5-11-25-12-16/h3,5-9,11-12,18,20-22,29H,4,10,13-15H2,1-2H3,(H,26,30)/b6-3+/t18-,20-,21+,22+/m0/s1. The van der Waals surface area contributed by atoms with E-state index < -0.39 is 5.92 Å². The third kappa shape index (κ3) is 3.83. The van der Waals surface area contributed by atoms with Gasteiger partial charge in [0.05, 0.1) is 12.0 Å². The minimum Gasteiger partial charge on any atom is -0.396 e. The summed E-state index contributed by atoms with van der Waals surface area (Å²) >= 11 is 0. The Bertz CT molecular complexity index is 1020. The number of pyridine rings is 2. The van der Waals surface area contributed by atoms with E-state index in [9.17, 15) is 14.7 Å². The van der Waals surface area contributed by atoms with E-state index in [1.54, 1.807) is 10.8 Å². The molecule has 0 saturated carbocycles. The molecule has 2 aromatic heterocycles. The van der Waals surface area contributed by atoms with Gasteiger partial charge in [0, 0.05) is 61.9 Å². The number of aliphatic hydroxyl groups is 1. The largest absolute Gasteiger partial charge is 0.396 e. The number of hydrogen-bond donors (Lipinski definition) is 2. The first-order valence-corrected chi connectivity index (χ1v) is 11.0. The lowest BCUT2D eigenvalue weighted by atomic mass is 9.86. The zero-order valence-electron chi connectivity index (χ0n) is 18.1. The van der Waals surface area contributed by atoms with Crippen LogP contribution in [0.4, 0.5) is 0 Å². The van der Waals surface area contributed by atoms with E-state index in [1.807, 2.05) is 56.5 Å². The quantitative estimate of drug-likeness (QED) is 0.712.